The fourth-order valence-electron chi connectivity index (χ4n) is 2.95. The Bertz CT molecular complexity index is 1210. The van der Waals surface area contributed by atoms with Gasteiger partial charge in [0, 0.05) is 20.9 Å². The average Bonchev–Trinajstić information content (AvgIpc) is 2.69. The number of hydrogen-bond acceptors (Lipinski definition) is 4. The van der Waals surface area contributed by atoms with Gasteiger partial charge in [-0.15, -0.1) is 0 Å². The van der Waals surface area contributed by atoms with Crippen LogP contribution in [0.15, 0.2) is 92.4 Å². The average molecular weight is 380 g/mol. The molecule has 3 aromatic carbocycles. The molecule has 0 N–H and O–H groups in total. The Morgan fingerprint density at radius 1 is 0.731 bits per heavy atom. The number of fused-ring (bicyclic) bond motifs is 2. The van der Waals surface area contributed by atoms with E-state index in [1.807, 2.05) is 5.23 Å². The van der Waals surface area contributed by atoms with Crippen molar-refractivity contribution in [2.75, 3.05) is 0 Å². The number of carbonyl (C=O) groups is 1. The Morgan fingerprint density at radius 3 is 2.12 bits per heavy atom. The summed E-state index contributed by atoms with van der Waals surface area (Å²) in [6.07, 6.45) is 0. The lowest BCUT2D eigenvalue weighted by Gasteiger charge is -2.20. The van der Waals surface area contributed by atoms with Gasteiger partial charge in [0.15, 0.2) is 11.0 Å². The monoisotopic (exact) mass is 380 g/mol. The van der Waals surface area contributed by atoms with Crippen LogP contribution in [0.2, 0.25) is 0 Å². The smallest absolute Gasteiger partial charge is 0.206 e. The largest absolute Gasteiger partial charge is 0.289 e. The second-order valence-corrected chi connectivity index (χ2v) is 9.30. The summed E-state index contributed by atoms with van der Waals surface area (Å²) in [5.74, 6) is -0.210. The van der Waals surface area contributed by atoms with E-state index in [9.17, 15) is 18.0 Å². The fourth-order valence-corrected chi connectivity index (χ4v) is 5.97. The fraction of sp³-hybridized carbons (Fsp3) is 0. The van der Waals surface area contributed by atoms with Gasteiger partial charge in [-0.1, -0.05) is 30.3 Å². The van der Waals surface area contributed by atoms with Gasteiger partial charge in [-0.25, -0.2) is 13.2 Å². The molecule has 128 valence electrons. The van der Waals surface area contributed by atoms with Crippen molar-refractivity contribution in [1.29, 1.82) is 0 Å². The molecule has 0 amide bonds. The van der Waals surface area contributed by atoms with E-state index in [0.717, 1.165) is 0 Å². The first-order chi connectivity index (χ1) is 12.5. The van der Waals surface area contributed by atoms with Crippen molar-refractivity contribution >= 4 is 31.3 Å². The molecule has 0 aromatic heterocycles. The second kappa shape index (κ2) is 6.18. The third-order valence-corrected chi connectivity index (χ3v) is 7.72. The second-order valence-electron chi connectivity index (χ2n) is 5.69. The Hall–Kier alpha value is -2.79. The van der Waals surface area contributed by atoms with Gasteiger partial charge in [0.2, 0.25) is 9.84 Å². The molecule has 6 heteroatoms. The summed E-state index contributed by atoms with van der Waals surface area (Å²) < 4.78 is 25.7. The van der Waals surface area contributed by atoms with Crippen molar-refractivity contribution in [3.63, 3.8) is 0 Å². The van der Waals surface area contributed by atoms with Crippen LogP contribution >= 0.6 is 10.5 Å². The maximum atomic E-state index is 12.9. The Kier molecular flexibility index (Phi) is 3.96. The first-order valence-corrected chi connectivity index (χ1v) is 10.4. The lowest BCUT2D eigenvalue weighted by molar-refractivity contribution is 0.103. The minimum atomic E-state index is -3.74. The zero-order valence-electron chi connectivity index (χ0n) is 13.4. The molecule has 0 aliphatic carbocycles. The third kappa shape index (κ3) is 2.47. The van der Waals surface area contributed by atoms with E-state index in [4.69, 9.17) is 0 Å². The molecular formula is C20H12O4S2. The Labute approximate surface area is 153 Å². The van der Waals surface area contributed by atoms with E-state index in [-0.39, 0.29) is 15.6 Å². The highest BCUT2D eigenvalue weighted by Gasteiger charge is 2.29. The molecule has 0 saturated heterocycles. The van der Waals surface area contributed by atoms with Crippen LogP contribution in [0.25, 0.3) is 0 Å². The van der Waals surface area contributed by atoms with Crippen LogP contribution < -0.4 is 0 Å². The predicted molar refractivity (Wildman–Crippen MR) is 98.0 cm³/mol. The van der Waals surface area contributed by atoms with Crippen LogP contribution in [-0.2, 0) is 14.6 Å². The standard InChI is InChI=1S/C20H12O4S2/c21-13-25-18-9-5-4-8-16(18)20(22)17-11-10-15(12-19(17)25)26(23,24)14-6-2-1-3-7-14/h1-12H. The van der Waals surface area contributed by atoms with E-state index in [1.54, 1.807) is 42.5 Å². The highest BCUT2D eigenvalue weighted by atomic mass is 32.2. The molecule has 4 rings (SSSR count). The van der Waals surface area contributed by atoms with E-state index >= 15 is 0 Å². The van der Waals surface area contributed by atoms with Crippen molar-refractivity contribution in [2.45, 2.75) is 19.6 Å². The molecular weight excluding hydrogens is 368 g/mol. The summed E-state index contributed by atoms with van der Waals surface area (Å²) in [4.78, 5) is 25.6. The first-order valence-electron chi connectivity index (χ1n) is 7.74. The maximum absolute atomic E-state index is 12.9. The van der Waals surface area contributed by atoms with Crippen LogP contribution in [0.3, 0.4) is 0 Å². The number of hydrogen-bond donors (Lipinski definition) is 0. The third-order valence-electron chi connectivity index (χ3n) is 4.22. The lowest BCUT2D eigenvalue weighted by atomic mass is 10.0. The van der Waals surface area contributed by atoms with Gasteiger partial charge < -0.3 is 0 Å². The number of carbonyl (C=O) groups excluding carboxylic acids is 2. The Morgan fingerprint density at radius 2 is 1.38 bits per heavy atom. The molecule has 1 aliphatic rings. The highest BCUT2D eigenvalue weighted by Crippen LogP contribution is 2.45. The van der Waals surface area contributed by atoms with Gasteiger partial charge in [0.1, 0.15) is 0 Å². The maximum Gasteiger partial charge on any atom is 0.206 e. The summed E-state index contributed by atoms with van der Waals surface area (Å²) in [6.45, 7) is 0. The molecule has 1 atom stereocenters. The first kappa shape index (κ1) is 16.7. The summed E-state index contributed by atoms with van der Waals surface area (Å²) in [5.41, 5.74) is 0.813. The predicted octanol–water partition coefficient (Wildman–Crippen LogP) is 3.82. The van der Waals surface area contributed by atoms with Gasteiger partial charge in [-0.05, 0) is 52.9 Å². The molecule has 0 fully saturated rings. The molecule has 0 saturated carbocycles. The van der Waals surface area contributed by atoms with Crippen LogP contribution in [-0.4, -0.2) is 19.4 Å². The van der Waals surface area contributed by atoms with E-state index in [2.05, 4.69) is 0 Å². The van der Waals surface area contributed by atoms with Crippen LogP contribution in [0.5, 0.6) is 0 Å². The number of ketones is 1. The SMILES string of the molecule is O=C=S1c2ccccc2C(=O)c2ccc(S(=O)(=O)c3ccccc3)cc21. The molecule has 1 heterocycles. The summed E-state index contributed by atoms with van der Waals surface area (Å²) in [6, 6.07) is 19.3. The normalized spacial score (nSPS) is 15.7. The molecule has 0 radical (unpaired) electrons. The summed E-state index contributed by atoms with van der Waals surface area (Å²) >= 11 is 0. The van der Waals surface area contributed by atoms with Crippen molar-refractivity contribution in [2.24, 2.45) is 0 Å². The molecule has 3 aromatic rings. The van der Waals surface area contributed by atoms with Crippen LogP contribution in [0, 0.1) is 0 Å². The van der Waals surface area contributed by atoms with Gasteiger partial charge in [-0.3, -0.25) is 4.79 Å². The van der Waals surface area contributed by atoms with Crippen molar-refractivity contribution in [3.8, 4) is 0 Å². The molecule has 0 bridgehead atoms. The highest BCUT2D eigenvalue weighted by molar-refractivity contribution is 8.14. The summed E-state index contributed by atoms with van der Waals surface area (Å²) in [5, 5.41) is 1.99. The minimum Gasteiger partial charge on any atom is -0.289 e. The molecule has 1 unspecified atom stereocenters. The zero-order valence-corrected chi connectivity index (χ0v) is 15.0. The van der Waals surface area contributed by atoms with Crippen molar-refractivity contribution in [1.82, 2.24) is 0 Å². The number of sulfone groups is 1. The molecule has 26 heavy (non-hydrogen) atoms. The quantitative estimate of drug-likeness (QED) is 0.496. The summed E-state index contributed by atoms with van der Waals surface area (Å²) in [7, 11) is -4.85. The number of rotatable bonds is 2. The van der Waals surface area contributed by atoms with Crippen LogP contribution in [0.1, 0.15) is 15.9 Å². The van der Waals surface area contributed by atoms with Gasteiger partial charge in [0.25, 0.3) is 0 Å². The van der Waals surface area contributed by atoms with Crippen molar-refractivity contribution < 1.29 is 18.0 Å². The lowest BCUT2D eigenvalue weighted by Crippen LogP contribution is -2.12. The minimum absolute atomic E-state index is 0.0578. The van der Waals surface area contributed by atoms with E-state index < -0.39 is 20.3 Å². The van der Waals surface area contributed by atoms with Crippen molar-refractivity contribution in [3.05, 3.63) is 83.9 Å². The van der Waals surface area contributed by atoms with Gasteiger partial charge in [-0.2, -0.15) is 0 Å². The molecule has 0 spiro atoms. The molecule has 4 nitrogen and oxygen atoms in total. The Balaban J connectivity index is 1.94. The van der Waals surface area contributed by atoms with E-state index in [1.165, 1.54) is 30.3 Å². The van der Waals surface area contributed by atoms with Gasteiger partial charge >= 0.3 is 0 Å². The number of benzene rings is 3. The van der Waals surface area contributed by atoms with E-state index in [0.29, 0.717) is 20.9 Å². The molecule has 1 aliphatic heterocycles. The van der Waals surface area contributed by atoms with Crippen LogP contribution in [0.4, 0.5) is 0 Å². The topological polar surface area (TPSA) is 68.3 Å². The van der Waals surface area contributed by atoms with Gasteiger partial charge in [0.05, 0.1) is 9.79 Å². The zero-order chi connectivity index (χ0) is 18.3.